The summed E-state index contributed by atoms with van der Waals surface area (Å²) in [5, 5.41) is 0. The van der Waals surface area contributed by atoms with Gasteiger partial charge in [-0.15, -0.1) is 0 Å². The summed E-state index contributed by atoms with van der Waals surface area (Å²) in [4.78, 5) is 4.91. The van der Waals surface area contributed by atoms with Crippen LogP contribution in [0.5, 0.6) is 0 Å². The second-order valence-corrected chi connectivity index (χ2v) is 9.45. The fourth-order valence-electron chi connectivity index (χ4n) is 4.11. The molecule has 0 N–H and O–H groups in total. The number of nitrogens with zero attached hydrogens (tertiary/aromatic N) is 1. The monoisotopic (exact) mass is 477 g/mol. The first-order chi connectivity index (χ1) is 16.7. The molecule has 1 aliphatic rings. The van der Waals surface area contributed by atoms with Crippen LogP contribution in [-0.4, -0.2) is 16.9 Å². The summed E-state index contributed by atoms with van der Waals surface area (Å²) in [5.41, 5.74) is 10.2. The molecule has 0 spiro atoms. The Hall–Kier alpha value is -3.43. The molecule has 0 saturated heterocycles. The van der Waals surface area contributed by atoms with Crippen LogP contribution in [-0.2, 0) is 10.5 Å². The molecule has 0 atom stereocenters. The second-order valence-electron chi connectivity index (χ2n) is 7.87. The predicted octanol–water partition coefficient (Wildman–Crippen LogP) is 8.32. The zero-order valence-corrected chi connectivity index (χ0v) is 20.5. The van der Waals surface area contributed by atoms with E-state index in [2.05, 4.69) is 66.5 Å². The Kier molecular flexibility index (Phi) is 6.73. The van der Waals surface area contributed by atoms with Crippen molar-refractivity contribution in [2.75, 3.05) is 6.61 Å². The van der Waals surface area contributed by atoms with Crippen LogP contribution in [0.25, 0.3) is 27.8 Å². The van der Waals surface area contributed by atoms with Gasteiger partial charge in [-0.05, 0) is 76.1 Å². The average Bonchev–Trinajstić information content (AvgIpc) is 2.88. The van der Waals surface area contributed by atoms with Crippen LogP contribution < -0.4 is 0 Å². The lowest BCUT2D eigenvalue weighted by Gasteiger charge is -2.25. The van der Waals surface area contributed by atoms with Gasteiger partial charge in [0.25, 0.3) is 0 Å². The molecule has 1 aliphatic carbocycles. The molecular weight excluding hydrogens is 454 g/mol. The van der Waals surface area contributed by atoms with Gasteiger partial charge in [0.2, 0.25) is 4.38 Å². The lowest BCUT2D eigenvalue weighted by atomic mass is 9.79. The average molecular weight is 478 g/mol. The molecule has 0 aliphatic heterocycles. The molecule has 0 aromatic heterocycles. The van der Waals surface area contributed by atoms with Crippen molar-refractivity contribution >= 4 is 45.5 Å². The summed E-state index contributed by atoms with van der Waals surface area (Å²) in [6.45, 7) is 2.53. The zero-order valence-electron chi connectivity index (χ0n) is 18.8. The maximum atomic E-state index is 5.49. The third kappa shape index (κ3) is 4.62. The van der Waals surface area contributed by atoms with Gasteiger partial charge in [-0.3, -0.25) is 0 Å². The van der Waals surface area contributed by atoms with E-state index in [-0.39, 0.29) is 0 Å². The van der Waals surface area contributed by atoms with Crippen molar-refractivity contribution in [3.05, 3.63) is 114 Å². The Labute approximate surface area is 210 Å². The molecule has 0 heterocycles. The fourth-order valence-corrected chi connectivity index (χ4v) is 5.11. The summed E-state index contributed by atoms with van der Waals surface area (Å²) in [6, 6.07) is 33.5. The Morgan fingerprint density at radius 2 is 1.35 bits per heavy atom. The molecule has 4 heteroatoms. The minimum Gasteiger partial charge on any atom is -0.479 e. The molecule has 4 aromatic carbocycles. The molecule has 166 valence electrons. The minimum absolute atomic E-state index is 0.560. The molecule has 0 unspecified atom stereocenters. The van der Waals surface area contributed by atoms with Gasteiger partial charge in [0.15, 0.2) is 0 Å². The number of thiocarbonyl (C=S) groups is 1. The first-order valence-electron chi connectivity index (χ1n) is 11.3. The van der Waals surface area contributed by atoms with E-state index >= 15 is 0 Å². The normalized spacial score (nSPS) is 10.9. The highest BCUT2D eigenvalue weighted by Gasteiger charge is 2.23. The maximum Gasteiger partial charge on any atom is 0.220 e. The van der Waals surface area contributed by atoms with E-state index in [9.17, 15) is 0 Å². The number of hydrogen-bond donors (Lipinski definition) is 0. The highest BCUT2D eigenvalue weighted by atomic mass is 32.2. The maximum absolute atomic E-state index is 5.49. The number of aliphatic imine (C=N–C) groups is 1. The standard InChI is InChI=1S/C30H23NOS2/c1-2-32-30(33)34-20-23-17-26-24-15-9-10-16-25(24)27(26)18-29(23)31-19-28(21-11-5-3-6-12-21)22-13-7-4-8-14-22/h3-18H,2,20H2,1H3. The molecule has 0 amide bonds. The van der Waals surface area contributed by atoms with E-state index < -0.39 is 0 Å². The molecule has 0 bridgehead atoms. The van der Waals surface area contributed by atoms with Crippen molar-refractivity contribution in [3.63, 3.8) is 0 Å². The highest BCUT2D eigenvalue weighted by molar-refractivity contribution is 8.22. The van der Waals surface area contributed by atoms with Crippen molar-refractivity contribution in [1.82, 2.24) is 0 Å². The summed E-state index contributed by atoms with van der Waals surface area (Å²) in [6.07, 6.45) is 0. The van der Waals surface area contributed by atoms with E-state index in [1.165, 1.54) is 34.0 Å². The third-order valence-electron chi connectivity index (χ3n) is 5.75. The molecule has 2 nitrogen and oxygen atoms in total. The van der Waals surface area contributed by atoms with Gasteiger partial charge < -0.3 is 4.74 Å². The Morgan fingerprint density at radius 3 is 1.94 bits per heavy atom. The van der Waals surface area contributed by atoms with Gasteiger partial charge in [0.05, 0.1) is 17.9 Å². The Balaban J connectivity index is 1.60. The van der Waals surface area contributed by atoms with Crippen LogP contribution in [0.3, 0.4) is 0 Å². The number of rotatable bonds is 6. The van der Waals surface area contributed by atoms with Crippen molar-refractivity contribution in [2.24, 2.45) is 4.99 Å². The van der Waals surface area contributed by atoms with Gasteiger partial charge >= 0.3 is 0 Å². The quantitative estimate of drug-likeness (QED) is 0.181. The first kappa shape index (κ1) is 22.4. The summed E-state index contributed by atoms with van der Waals surface area (Å²) in [5.74, 6) is 4.08. The molecule has 0 radical (unpaired) electrons. The van der Waals surface area contributed by atoms with Crippen LogP contribution >= 0.6 is 24.0 Å². The largest absolute Gasteiger partial charge is 0.479 e. The first-order valence-corrected chi connectivity index (χ1v) is 12.6. The summed E-state index contributed by atoms with van der Waals surface area (Å²) < 4.78 is 6.05. The van der Waals surface area contributed by atoms with Crippen molar-refractivity contribution in [2.45, 2.75) is 12.7 Å². The van der Waals surface area contributed by atoms with Crippen LogP contribution in [0.2, 0.25) is 0 Å². The topological polar surface area (TPSA) is 21.6 Å². The predicted molar refractivity (Wildman–Crippen MR) is 149 cm³/mol. The van der Waals surface area contributed by atoms with E-state index in [4.69, 9.17) is 21.9 Å². The van der Waals surface area contributed by atoms with E-state index in [1.54, 1.807) is 0 Å². The molecule has 4 aromatic rings. The SMILES string of the molecule is CCOC(=S)SCc1cc2c(cc1N=C=C(c1ccccc1)c1ccccc1)-c1ccccc1-2. The number of thioether (sulfide) groups is 1. The van der Waals surface area contributed by atoms with E-state index in [1.807, 2.05) is 43.3 Å². The minimum atomic E-state index is 0.560. The summed E-state index contributed by atoms with van der Waals surface area (Å²) >= 11 is 6.89. The van der Waals surface area contributed by atoms with Gasteiger partial charge in [-0.2, -0.15) is 0 Å². The van der Waals surface area contributed by atoms with Crippen LogP contribution in [0.4, 0.5) is 5.69 Å². The second kappa shape index (κ2) is 10.2. The van der Waals surface area contributed by atoms with Crippen molar-refractivity contribution in [1.29, 1.82) is 0 Å². The smallest absolute Gasteiger partial charge is 0.220 e. The Morgan fingerprint density at radius 1 is 0.794 bits per heavy atom. The van der Waals surface area contributed by atoms with Gasteiger partial charge in [-0.25, -0.2) is 4.99 Å². The van der Waals surface area contributed by atoms with Crippen LogP contribution in [0.15, 0.2) is 102 Å². The third-order valence-corrected chi connectivity index (χ3v) is 7.03. The van der Waals surface area contributed by atoms with Crippen LogP contribution in [0.1, 0.15) is 23.6 Å². The van der Waals surface area contributed by atoms with E-state index in [0.29, 0.717) is 16.7 Å². The van der Waals surface area contributed by atoms with Gasteiger partial charge in [0.1, 0.15) is 0 Å². The molecule has 0 saturated carbocycles. The number of fused-ring (bicyclic) bond motifs is 4. The summed E-state index contributed by atoms with van der Waals surface area (Å²) in [7, 11) is 0. The molecule has 5 rings (SSSR count). The molecule has 34 heavy (non-hydrogen) atoms. The fraction of sp³-hybridized carbons (Fsp3) is 0.100. The van der Waals surface area contributed by atoms with Gasteiger partial charge in [0, 0.05) is 5.75 Å². The number of ether oxygens (including phenoxy) is 1. The number of hydrogen-bond acceptors (Lipinski definition) is 4. The van der Waals surface area contributed by atoms with E-state index in [0.717, 1.165) is 28.0 Å². The van der Waals surface area contributed by atoms with Gasteiger partial charge in [-0.1, -0.05) is 96.7 Å². The zero-order chi connectivity index (χ0) is 23.3. The van der Waals surface area contributed by atoms with Crippen molar-refractivity contribution < 1.29 is 4.74 Å². The molecular formula is C30H23NOS2. The number of benzene rings is 4. The Bertz CT molecular complexity index is 1360. The highest BCUT2D eigenvalue weighted by Crippen LogP contribution is 2.49. The molecule has 0 fully saturated rings. The van der Waals surface area contributed by atoms with Crippen LogP contribution in [0, 0.1) is 0 Å². The lowest BCUT2D eigenvalue weighted by Crippen LogP contribution is -2.01. The van der Waals surface area contributed by atoms with Crippen molar-refractivity contribution in [3.8, 4) is 22.3 Å². The lowest BCUT2D eigenvalue weighted by molar-refractivity contribution is 0.346.